The van der Waals surface area contributed by atoms with Crippen molar-refractivity contribution in [2.24, 2.45) is 0 Å². The number of carbonyl (C=O) groups excluding carboxylic acids is 4. The third-order valence-corrected chi connectivity index (χ3v) is 4.02. The van der Waals surface area contributed by atoms with Crippen molar-refractivity contribution in [3.63, 3.8) is 0 Å². The molecule has 0 bridgehead atoms. The molecule has 27 heavy (non-hydrogen) atoms. The van der Waals surface area contributed by atoms with Gasteiger partial charge in [0, 0.05) is 10.6 Å². The summed E-state index contributed by atoms with van der Waals surface area (Å²) in [7, 11) is 0. The van der Waals surface area contributed by atoms with Gasteiger partial charge >= 0.3 is 18.2 Å². The number of hydrogen-bond donors (Lipinski definition) is 3. The lowest BCUT2D eigenvalue weighted by atomic mass is 9.92. The van der Waals surface area contributed by atoms with Crippen molar-refractivity contribution in [1.82, 2.24) is 20.9 Å². The molecule has 1 saturated heterocycles. The molecule has 0 aromatic heterocycles. The number of nitrogens with one attached hydrogen (secondary N) is 3. The van der Waals surface area contributed by atoms with Crippen molar-refractivity contribution < 1.29 is 32.3 Å². The normalized spacial score (nSPS) is 19.7. The Hall–Kier alpha value is -2.82. The zero-order chi connectivity index (χ0) is 20.4. The minimum atomic E-state index is -4.65. The van der Waals surface area contributed by atoms with Gasteiger partial charge in [0.05, 0.1) is 0 Å². The second-order valence-electron chi connectivity index (χ2n) is 5.77. The van der Waals surface area contributed by atoms with Crippen LogP contribution in [0, 0.1) is 0 Å². The third kappa shape index (κ3) is 4.67. The number of halogens is 4. The maximum Gasteiger partial charge on any atom is 0.405 e. The van der Waals surface area contributed by atoms with Crippen molar-refractivity contribution >= 4 is 35.5 Å². The first-order valence-corrected chi connectivity index (χ1v) is 7.85. The number of hydrogen-bond acceptors (Lipinski definition) is 4. The molecular formula is C15H14ClF3N4O4. The smallest absolute Gasteiger partial charge is 0.329 e. The van der Waals surface area contributed by atoms with Crippen LogP contribution in [0.15, 0.2) is 24.3 Å². The Kier molecular flexibility index (Phi) is 5.64. The maximum absolute atomic E-state index is 12.6. The zero-order valence-corrected chi connectivity index (χ0v) is 14.6. The van der Waals surface area contributed by atoms with E-state index in [9.17, 15) is 32.3 Å². The van der Waals surface area contributed by atoms with Gasteiger partial charge in [-0.3, -0.25) is 19.8 Å². The van der Waals surface area contributed by atoms with E-state index in [0.717, 1.165) is 0 Å². The van der Waals surface area contributed by atoms with Crippen molar-refractivity contribution in [3.8, 4) is 0 Å². The lowest BCUT2D eigenvalue weighted by Gasteiger charge is -2.23. The topological polar surface area (TPSA) is 108 Å². The Morgan fingerprint density at radius 1 is 1.26 bits per heavy atom. The summed E-state index contributed by atoms with van der Waals surface area (Å²) in [6.45, 7) is -1.10. The van der Waals surface area contributed by atoms with Gasteiger partial charge in [0.1, 0.15) is 18.6 Å². The molecular weight excluding hydrogens is 393 g/mol. The highest BCUT2D eigenvalue weighted by molar-refractivity contribution is 6.32. The first-order chi connectivity index (χ1) is 12.4. The van der Waals surface area contributed by atoms with Crippen LogP contribution in [0.5, 0.6) is 0 Å². The fourth-order valence-electron chi connectivity index (χ4n) is 2.42. The number of urea groups is 2. The molecule has 12 heteroatoms. The van der Waals surface area contributed by atoms with Gasteiger partial charge in [-0.15, -0.1) is 0 Å². The van der Waals surface area contributed by atoms with Crippen molar-refractivity contribution in [2.75, 3.05) is 13.1 Å². The van der Waals surface area contributed by atoms with Crippen LogP contribution in [0.2, 0.25) is 5.02 Å². The summed E-state index contributed by atoms with van der Waals surface area (Å²) in [5, 5.41) is 5.67. The lowest BCUT2D eigenvalue weighted by Crippen LogP contribution is -2.48. The highest BCUT2D eigenvalue weighted by atomic mass is 35.5. The molecule has 1 aliphatic heterocycles. The monoisotopic (exact) mass is 406 g/mol. The second-order valence-corrected chi connectivity index (χ2v) is 6.18. The van der Waals surface area contributed by atoms with Crippen LogP contribution >= 0.6 is 11.6 Å². The summed E-state index contributed by atoms with van der Waals surface area (Å²) in [6.07, 6.45) is -4.65. The van der Waals surface area contributed by atoms with E-state index in [1.54, 1.807) is 17.4 Å². The highest BCUT2D eigenvalue weighted by Crippen LogP contribution is 2.33. The molecule has 1 atom stereocenters. The first-order valence-electron chi connectivity index (χ1n) is 7.47. The van der Waals surface area contributed by atoms with Crippen LogP contribution in [-0.4, -0.2) is 48.0 Å². The summed E-state index contributed by atoms with van der Waals surface area (Å²) in [4.78, 5) is 48.3. The molecule has 1 heterocycles. The number of benzene rings is 1. The van der Waals surface area contributed by atoms with E-state index in [1.807, 2.05) is 0 Å². The minimum Gasteiger partial charge on any atom is -0.329 e. The number of nitrogens with zero attached hydrogens (tertiary/aromatic N) is 1. The number of amides is 6. The molecule has 2 rings (SSSR count). The van der Waals surface area contributed by atoms with Gasteiger partial charge in [-0.1, -0.05) is 29.8 Å². The Balaban J connectivity index is 2.04. The Bertz CT molecular complexity index is 802. The van der Waals surface area contributed by atoms with Crippen LogP contribution in [-0.2, 0) is 15.1 Å². The SMILES string of the molecule is C[C@]1(c2ccccc2Cl)NC(=O)N(CC(=O)NC(=O)NCC(F)(F)F)C1=O. The predicted molar refractivity (Wildman–Crippen MR) is 86.6 cm³/mol. The molecule has 0 unspecified atom stereocenters. The molecule has 0 aliphatic carbocycles. The predicted octanol–water partition coefficient (Wildman–Crippen LogP) is 1.50. The molecule has 1 aliphatic rings. The van der Waals surface area contributed by atoms with Gasteiger partial charge in [-0.05, 0) is 13.0 Å². The zero-order valence-electron chi connectivity index (χ0n) is 13.8. The highest BCUT2D eigenvalue weighted by Gasteiger charge is 2.50. The maximum atomic E-state index is 12.6. The van der Waals surface area contributed by atoms with Gasteiger partial charge in [0.2, 0.25) is 5.91 Å². The molecule has 146 valence electrons. The summed E-state index contributed by atoms with van der Waals surface area (Å²) >= 11 is 6.05. The van der Waals surface area contributed by atoms with Crippen LogP contribution in [0.4, 0.5) is 22.8 Å². The molecule has 1 aromatic carbocycles. The van der Waals surface area contributed by atoms with Crippen molar-refractivity contribution in [3.05, 3.63) is 34.9 Å². The minimum absolute atomic E-state index is 0.214. The fraction of sp³-hybridized carbons (Fsp3) is 0.333. The number of alkyl halides is 3. The second kappa shape index (κ2) is 7.43. The molecule has 3 N–H and O–H groups in total. The van der Waals surface area contributed by atoms with Crippen molar-refractivity contribution in [2.45, 2.75) is 18.6 Å². The molecule has 0 saturated carbocycles. The molecule has 0 radical (unpaired) electrons. The molecule has 6 amide bonds. The number of carbonyl (C=O) groups is 4. The van der Waals surface area contributed by atoms with Crippen LogP contribution in [0.1, 0.15) is 12.5 Å². The molecule has 1 aromatic rings. The quantitative estimate of drug-likeness (QED) is 0.658. The van der Waals surface area contributed by atoms with Crippen LogP contribution < -0.4 is 16.0 Å². The van der Waals surface area contributed by atoms with Gasteiger partial charge in [-0.2, -0.15) is 13.2 Å². The van der Waals surface area contributed by atoms with Gasteiger partial charge in [0.15, 0.2) is 0 Å². The molecule has 0 spiro atoms. The number of imide groups is 2. The summed E-state index contributed by atoms with van der Waals surface area (Å²) in [6, 6.07) is 3.95. The Morgan fingerprint density at radius 3 is 2.48 bits per heavy atom. The fourth-order valence-corrected chi connectivity index (χ4v) is 2.75. The van der Waals surface area contributed by atoms with E-state index in [0.29, 0.717) is 10.5 Å². The Labute approximate surface area is 156 Å². The van der Waals surface area contributed by atoms with E-state index in [-0.39, 0.29) is 5.02 Å². The molecule has 1 fully saturated rings. The van der Waals surface area contributed by atoms with E-state index in [1.165, 1.54) is 24.4 Å². The largest absolute Gasteiger partial charge is 0.405 e. The molecule has 8 nitrogen and oxygen atoms in total. The van der Waals surface area contributed by atoms with Crippen LogP contribution in [0.25, 0.3) is 0 Å². The summed E-state index contributed by atoms with van der Waals surface area (Å²) < 4.78 is 36.1. The van der Waals surface area contributed by atoms with Gasteiger partial charge < -0.3 is 10.6 Å². The van der Waals surface area contributed by atoms with Gasteiger partial charge in [0.25, 0.3) is 5.91 Å². The van der Waals surface area contributed by atoms with E-state index in [4.69, 9.17) is 11.6 Å². The summed E-state index contributed by atoms with van der Waals surface area (Å²) in [5.41, 5.74) is -1.23. The average molecular weight is 407 g/mol. The van der Waals surface area contributed by atoms with E-state index >= 15 is 0 Å². The Morgan fingerprint density at radius 2 is 1.89 bits per heavy atom. The average Bonchev–Trinajstić information content (AvgIpc) is 2.77. The standard InChI is InChI=1S/C15H14ClF3N4O4/c1-14(8-4-2-3-5-9(8)16)11(25)23(13(27)22-14)6-10(24)21-12(26)20-7-15(17,18)19/h2-5H,6-7H2,1H3,(H,22,27)(H2,20,21,24,26)/t14-/m1/s1. The van der Waals surface area contributed by atoms with Crippen LogP contribution in [0.3, 0.4) is 0 Å². The van der Waals surface area contributed by atoms with E-state index < -0.39 is 48.7 Å². The van der Waals surface area contributed by atoms with Crippen molar-refractivity contribution in [1.29, 1.82) is 0 Å². The number of rotatable bonds is 4. The summed E-state index contributed by atoms with van der Waals surface area (Å²) in [5.74, 6) is -1.94. The van der Waals surface area contributed by atoms with E-state index in [2.05, 4.69) is 5.32 Å². The lowest BCUT2D eigenvalue weighted by molar-refractivity contribution is -0.134. The third-order valence-electron chi connectivity index (χ3n) is 3.69. The van der Waals surface area contributed by atoms with Gasteiger partial charge in [-0.25, -0.2) is 9.59 Å². The first kappa shape index (κ1) is 20.5.